The summed E-state index contributed by atoms with van der Waals surface area (Å²) < 4.78 is 4.91. The molecule has 0 aliphatic carbocycles. The van der Waals surface area contributed by atoms with Crippen LogP contribution in [0.25, 0.3) is 0 Å². The molecule has 0 saturated carbocycles. The summed E-state index contributed by atoms with van der Waals surface area (Å²) >= 11 is 0. The third-order valence-corrected chi connectivity index (χ3v) is 3.91. The molecule has 2 rings (SSSR count). The van der Waals surface area contributed by atoms with Crippen LogP contribution in [0.15, 0.2) is 36.4 Å². The maximum atomic E-state index is 12.1. The van der Waals surface area contributed by atoms with Crippen molar-refractivity contribution in [2.24, 2.45) is 0 Å². The lowest BCUT2D eigenvalue weighted by molar-refractivity contribution is -0.146. The molecule has 142 valence electrons. The molecule has 0 aromatic heterocycles. The van der Waals surface area contributed by atoms with Gasteiger partial charge in [0.1, 0.15) is 6.54 Å². The average Bonchev–Trinajstić information content (AvgIpc) is 2.60. The van der Waals surface area contributed by atoms with E-state index >= 15 is 0 Å². The van der Waals surface area contributed by atoms with Gasteiger partial charge >= 0.3 is 5.97 Å². The highest BCUT2D eigenvalue weighted by Crippen LogP contribution is 2.16. The van der Waals surface area contributed by atoms with E-state index in [0.29, 0.717) is 11.3 Å². The van der Waals surface area contributed by atoms with Crippen molar-refractivity contribution >= 4 is 23.5 Å². The summed E-state index contributed by atoms with van der Waals surface area (Å²) in [6.07, 6.45) is 0. The zero-order valence-electron chi connectivity index (χ0n) is 16.0. The lowest BCUT2D eigenvalue weighted by atomic mass is 10.1. The number of hydrogen-bond donors (Lipinski definition) is 2. The third-order valence-electron chi connectivity index (χ3n) is 3.91. The molecule has 2 amide bonds. The molecule has 0 aliphatic heterocycles. The molecule has 0 atom stereocenters. The zero-order valence-corrected chi connectivity index (χ0v) is 16.0. The second kappa shape index (κ2) is 8.98. The molecule has 0 spiro atoms. The minimum absolute atomic E-state index is 0.303. The van der Waals surface area contributed by atoms with Gasteiger partial charge in [-0.25, -0.2) is 0 Å². The van der Waals surface area contributed by atoms with Crippen LogP contribution in [0.4, 0.5) is 5.69 Å². The largest absolute Gasteiger partial charge is 0.454 e. The Hall–Kier alpha value is -3.15. The first kappa shape index (κ1) is 20.2. The number of carbonyl (C=O) groups is 3. The molecular weight excluding hydrogens is 344 g/mol. The second-order valence-corrected chi connectivity index (χ2v) is 6.59. The molecule has 0 unspecified atom stereocenters. The summed E-state index contributed by atoms with van der Waals surface area (Å²) in [6, 6.07) is 11.1. The van der Waals surface area contributed by atoms with Gasteiger partial charge in [-0.15, -0.1) is 0 Å². The zero-order chi connectivity index (χ0) is 20.0. The van der Waals surface area contributed by atoms with Crippen LogP contribution in [-0.4, -0.2) is 30.9 Å². The number of aryl methyl sites for hydroxylation is 4. The Kier molecular flexibility index (Phi) is 6.71. The van der Waals surface area contributed by atoms with E-state index in [1.54, 1.807) is 12.1 Å². The van der Waals surface area contributed by atoms with E-state index < -0.39 is 18.5 Å². The number of amides is 2. The number of carbonyl (C=O) groups excluding carboxylic acids is 3. The number of nitrogens with one attached hydrogen (secondary N) is 2. The fourth-order valence-electron chi connectivity index (χ4n) is 2.61. The molecule has 27 heavy (non-hydrogen) atoms. The second-order valence-electron chi connectivity index (χ2n) is 6.59. The van der Waals surface area contributed by atoms with Crippen molar-refractivity contribution < 1.29 is 19.1 Å². The summed E-state index contributed by atoms with van der Waals surface area (Å²) in [5.74, 6) is -1.47. The number of benzene rings is 2. The van der Waals surface area contributed by atoms with E-state index in [1.165, 1.54) is 0 Å². The Bertz CT molecular complexity index is 854. The van der Waals surface area contributed by atoms with Crippen molar-refractivity contribution in [2.45, 2.75) is 27.7 Å². The van der Waals surface area contributed by atoms with E-state index in [9.17, 15) is 14.4 Å². The standard InChI is InChI=1S/C21H24N2O4/c1-13-5-6-16(4)18(10-13)23-19(24)12-27-20(25)11-22-21(26)17-8-14(2)7-15(3)9-17/h5-10H,11-12H2,1-4H3,(H,22,26)(H,23,24). The van der Waals surface area contributed by atoms with Gasteiger partial charge in [-0.05, 0) is 57.0 Å². The van der Waals surface area contributed by atoms with Crippen LogP contribution in [0.5, 0.6) is 0 Å². The smallest absolute Gasteiger partial charge is 0.325 e. The molecule has 0 heterocycles. The van der Waals surface area contributed by atoms with Crippen LogP contribution in [-0.2, 0) is 14.3 Å². The predicted octanol–water partition coefficient (Wildman–Crippen LogP) is 2.83. The number of rotatable bonds is 6. The first-order chi connectivity index (χ1) is 12.7. The van der Waals surface area contributed by atoms with Gasteiger partial charge in [0, 0.05) is 11.3 Å². The summed E-state index contributed by atoms with van der Waals surface area (Å²) in [5.41, 5.74) is 5.02. The van der Waals surface area contributed by atoms with Crippen LogP contribution in [0.1, 0.15) is 32.6 Å². The fourth-order valence-corrected chi connectivity index (χ4v) is 2.61. The van der Waals surface area contributed by atoms with Gasteiger partial charge in [-0.2, -0.15) is 0 Å². The SMILES string of the molecule is Cc1cc(C)cc(C(=O)NCC(=O)OCC(=O)Nc2cc(C)ccc2C)c1. The van der Waals surface area contributed by atoms with E-state index in [0.717, 1.165) is 22.3 Å². The van der Waals surface area contributed by atoms with Gasteiger partial charge in [-0.3, -0.25) is 14.4 Å². The highest BCUT2D eigenvalue weighted by atomic mass is 16.5. The van der Waals surface area contributed by atoms with E-state index in [2.05, 4.69) is 10.6 Å². The highest BCUT2D eigenvalue weighted by molar-refractivity contribution is 5.97. The minimum atomic E-state index is -0.677. The first-order valence-corrected chi connectivity index (χ1v) is 8.64. The first-order valence-electron chi connectivity index (χ1n) is 8.64. The normalized spacial score (nSPS) is 10.2. The van der Waals surface area contributed by atoms with Crippen molar-refractivity contribution in [3.63, 3.8) is 0 Å². The van der Waals surface area contributed by atoms with Gasteiger partial charge < -0.3 is 15.4 Å². The van der Waals surface area contributed by atoms with E-state index in [4.69, 9.17) is 4.74 Å². The summed E-state index contributed by atoms with van der Waals surface area (Å²) in [7, 11) is 0. The number of ether oxygens (including phenoxy) is 1. The maximum absolute atomic E-state index is 12.1. The van der Waals surface area contributed by atoms with Crippen molar-refractivity contribution in [3.8, 4) is 0 Å². The quantitative estimate of drug-likeness (QED) is 0.768. The van der Waals surface area contributed by atoms with Crippen LogP contribution < -0.4 is 10.6 Å². The number of hydrogen-bond acceptors (Lipinski definition) is 4. The molecule has 6 nitrogen and oxygen atoms in total. The van der Waals surface area contributed by atoms with Crippen molar-refractivity contribution in [1.29, 1.82) is 0 Å². The molecular formula is C21H24N2O4. The summed E-state index contributed by atoms with van der Waals surface area (Å²) in [6.45, 7) is 6.88. The van der Waals surface area contributed by atoms with Gasteiger partial charge in [0.15, 0.2) is 6.61 Å². The van der Waals surface area contributed by atoms with Crippen molar-refractivity contribution in [1.82, 2.24) is 5.32 Å². The van der Waals surface area contributed by atoms with E-state index in [1.807, 2.05) is 52.0 Å². The Morgan fingerprint density at radius 3 is 2.22 bits per heavy atom. The Morgan fingerprint density at radius 2 is 1.56 bits per heavy atom. The highest BCUT2D eigenvalue weighted by Gasteiger charge is 2.12. The lowest BCUT2D eigenvalue weighted by Crippen LogP contribution is -2.32. The molecule has 0 radical (unpaired) electrons. The summed E-state index contributed by atoms with van der Waals surface area (Å²) in [5, 5.41) is 5.20. The molecule has 0 fully saturated rings. The molecule has 2 aromatic carbocycles. The molecule has 0 aliphatic rings. The van der Waals surface area contributed by atoms with Crippen molar-refractivity contribution in [2.75, 3.05) is 18.5 Å². The van der Waals surface area contributed by atoms with Gasteiger partial charge in [0.2, 0.25) is 0 Å². The van der Waals surface area contributed by atoms with Crippen LogP contribution in [0.3, 0.4) is 0 Å². The fraction of sp³-hybridized carbons (Fsp3) is 0.286. The van der Waals surface area contributed by atoms with Gasteiger partial charge in [-0.1, -0.05) is 29.3 Å². The Labute approximate surface area is 158 Å². The minimum Gasteiger partial charge on any atom is -0.454 e. The van der Waals surface area contributed by atoms with Crippen molar-refractivity contribution in [3.05, 3.63) is 64.2 Å². The Balaban J connectivity index is 1.79. The monoisotopic (exact) mass is 368 g/mol. The van der Waals surface area contributed by atoms with E-state index in [-0.39, 0.29) is 12.5 Å². The maximum Gasteiger partial charge on any atom is 0.325 e. The van der Waals surface area contributed by atoms with Crippen LogP contribution >= 0.6 is 0 Å². The topological polar surface area (TPSA) is 84.5 Å². The van der Waals surface area contributed by atoms with Crippen LogP contribution in [0, 0.1) is 27.7 Å². The number of anilines is 1. The summed E-state index contributed by atoms with van der Waals surface area (Å²) in [4.78, 5) is 35.8. The van der Waals surface area contributed by atoms with Gasteiger partial charge in [0.05, 0.1) is 0 Å². The molecule has 2 aromatic rings. The molecule has 0 saturated heterocycles. The third kappa shape index (κ3) is 6.26. The van der Waals surface area contributed by atoms with Crippen LogP contribution in [0.2, 0.25) is 0 Å². The molecule has 2 N–H and O–H groups in total. The predicted molar refractivity (Wildman–Crippen MR) is 104 cm³/mol. The molecule has 0 bridgehead atoms. The number of esters is 1. The lowest BCUT2D eigenvalue weighted by Gasteiger charge is -2.10. The van der Waals surface area contributed by atoms with Gasteiger partial charge in [0.25, 0.3) is 11.8 Å². The average molecular weight is 368 g/mol. The molecule has 6 heteroatoms. The Morgan fingerprint density at radius 1 is 0.889 bits per heavy atom.